The van der Waals surface area contributed by atoms with E-state index in [9.17, 15) is 14.3 Å². The van der Waals surface area contributed by atoms with Gasteiger partial charge in [0.1, 0.15) is 23.7 Å². The number of piperidine rings is 1. The molecule has 0 saturated carbocycles. The monoisotopic (exact) mass is 383 g/mol. The first-order chi connectivity index (χ1) is 13.6. The van der Waals surface area contributed by atoms with Crippen LogP contribution in [0.4, 0.5) is 4.39 Å². The lowest BCUT2D eigenvalue weighted by atomic mass is 10.1. The quantitative estimate of drug-likeness (QED) is 0.705. The number of amides is 1. The minimum absolute atomic E-state index is 0.0733. The summed E-state index contributed by atoms with van der Waals surface area (Å²) in [6.07, 6.45) is 4.91. The largest absolute Gasteiger partial charge is 0.391 e. The van der Waals surface area contributed by atoms with Crippen molar-refractivity contribution in [3.8, 4) is 11.4 Å². The lowest BCUT2D eigenvalue weighted by Crippen LogP contribution is -2.43. The summed E-state index contributed by atoms with van der Waals surface area (Å²) >= 11 is 0. The minimum atomic E-state index is -0.464. The standard InChI is InChI=1S/C20H22FN5O2/c21-15-5-3-14(4-6-15)8-16-9-18(19-10-22-13-23-19)24-26(16)12-20(28)25-7-1-2-17(27)11-25/h3-6,9-10,13,17,27H,1-2,7-8,11-12H2,(H,22,23)/t17-/m1/s1. The van der Waals surface area contributed by atoms with Crippen molar-refractivity contribution in [3.63, 3.8) is 0 Å². The van der Waals surface area contributed by atoms with E-state index in [1.54, 1.807) is 34.2 Å². The molecule has 0 bridgehead atoms. The molecule has 1 amide bonds. The molecule has 1 aromatic carbocycles. The highest BCUT2D eigenvalue weighted by atomic mass is 19.1. The molecule has 7 nitrogen and oxygen atoms in total. The second-order valence-corrected chi connectivity index (χ2v) is 7.07. The van der Waals surface area contributed by atoms with Crippen molar-refractivity contribution >= 4 is 5.91 Å². The fourth-order valence-electron chi connectivity index (χ4n) is 3.48. The van der Waals surface area contributed by atoms with Gasteiger partial charge in [-0.15, -0.1) is 0 Å². The molecule has 1 atom stereocenters. The fourth-order valence-corrected chi connectivity index (χ4v) is 3.48. The minimum Gasteiger partial charge on any atom is -0.391 e. The number of aliphatic hydroxyl groups is 1. The molecule has 3 aromatic rings. The number of H-pyrrole nitrogens is 1. The molecule has 0 aliphatic carbocycles. The highest BCUT2D eigenvalue weighted by Crippen LogP contribution is 2.20. The van der Waals surface area contributed by atoms with Crippen LogP contribution in [0, 0.1) is 5.82 Å². The Bertz CT molecular complexity index is 936. The number of halogens is 1. The number of carbonyl (C=O) groups is 1. The van der Waals surface area contributed by atoms with Crippen LogP contribution in [0.1, 0.15) is 24.1 Å². The first-order valence-electron chi connectivity index (χ1n) is 9.34. The van der Waals surface area contributed by atoms with Crippen LogP contribution in [-0.4, -0.2) is 54.9 Å². The third-order valence-corrected chi connectivity index (χ3v) is 4.96. The summed E-state index contributed by atoms with van der Waals surface area (Å²) in [5, 5.41) is 14.4. The van der Waals surface area contributed by atoms with Crippen LogP contribution in [0.3, 0.4) is 0 Å². The van der Waals surface area contributed by atoms with Crippen molar-refractivity contribution in [3.05, 3.63) is 59.9 Å². The van der Waals surface area contributed by atoms with Crippen molar-refractivity contribution < 1.29 is 14.3 Å². The van der Waals surface area contributed by atoms with Gasteiger partial charge in [-0.3, -0.25) is 9.48 Å². The molecule has 2 N–H and O–H groups in total. The Balaban J connectivity index is 1.58. The first-order valence-corrected chi connectivity index (χ1v) is 9.34. The van der Waals surface area contributed by atoms with Crippen molar-refractivity contribution in [2.45, 2.75) is 31.9 Å². The average Bonchev–Trinajstić information content (AvgIpc) is 3.34. The molecule has 1 aliphatic rings. The van der Waals surface area contributed by atoms with Crippen molar-refractivity contribution in [1.82, 2.24) is 24.6 Å². The Morgan fingerprint density at radius 1 is 1.29 bits per heavy atom. The first kappa shape index (κ1) is 18.4. The topological polar surface area (TPSA) is 87.0 Å². The second-order valence-electron chi connectivity index (χ2n) is 7.07. The molecule has 0 radical (unpaired) electrons. The zero-order valence-corrected chi connectivity index (χ0v) is 15.4. The number of hydrogen-bond acceptors (Lipinski definition) is 4. The van der Waals surface area contributed by atoms with Gasteiger partial charge in [0, 0.05) is 31.4 Å². The van der Waals surface area contributed by atoms with E-state index in [0.717, 1.165) is 24.1 Å². The molecular formula is C20H22FN5O2. The number of nitrogens with zero attached hydrogens (tertiary/aromatic N) is 4. The summed E-state index contributed by atoms with van der Waals surface area (Å²) in [7, 11) is 0. The van der Waals surface area contributed by atoms with Crippen LogP contribution in [-0.2, 0) is 17.8 Å². The van der Waals surface area contributed by atoms with Gasteiger partial charge < -0.3 is 15.0 Å². The number of nitrogens with one attached hydrogen (secondary N) is 1. The highest BCUT2D eigenvalue weighted by Gasteiger charge is 2.23. The molecule has 2 aromatic heterocycles. The molecule has 0 unspecified atom stereocenters. The van der Waals surface area contributed by atoms with E-state index in [0.29, 0.717) is 30.9 Å². The number of β-amino-alcohol motifs (C(OH)–C–C–N with tert-alkyl or cyclic N) is 1. The number of aromatic nitrogens is 4. The van der Waals surface area contributed by atoms with Gasteiger partial charge in [-0.05, 0) is 36.6 Å². The molecular weight excluding hydrogens is 361 g/mol. The molecule has 1 aliphatic heterocycles. The lowest BCUT2D eigenvalue weighted by molar-refractivity contribution is -0.135. The van der Waals surface area contributed by atoms with Crippen LogP contribution in [0.2, 0.25) is 0 Å². The molecule has 28 heavy (non-hydrogen) atoms. The molecule has 4 rings (SSSR count). The average molecular weight is 383 g/mol. The van der Waals surface area contributed by atoms with Gasteiger partial charge in [-0.2, -0.15) is 5.10 Å². The molecule has 8 heteroatoms. The highest BCUT2D eigenvalue weighted by molar-refractivity contribution is 5.76. The zero-order chi connectivity index (χ0) is 19.5. The predicted molar refractivity (Wildman–Crippen MR) is 101 cm³/mol. The van der Waals surface area contributed by atoms with E-state index in [2.05, 4.69) is 15.1 Å². The van der Waals surface area contributed by atoms with Gasteiger partial charge >= 0.3 is 0 Å². The van der Waals surface area contributed by atoms with Crippen LogP contribution in [0.15, 0.2) is 42.9 Å². The van der Waals surface area contributed by atoms with Gasteiger partial charge in [0.15, 0.2) is 0 Å². The summed E-state index contributed by atoms with van der Waals surface area (Å²) in [6, 6.07) is 8.20. The smallest absolute Gasteiger partial charge is 0.244 e. The van der Waals surface area contributed by atoms with Crippen molar-refractivity contribution in [2.24, 2.45) is 0 Å². The molecule has 1 fully saturated rings. The van der Waals surface area contributed by atoms with Gasteiger partial charge in [-0.1, -0.05) is 12.1 Å². The number of likely N-dealkylation sites (tertiary alicyclic amines) is 1. The van der Waals surface area contributed by atoms with Crippen molar-refractivity contribution in [2.75, 3.05) is 13.1 Å². The number of rotatable bonds is 5. The Kier molecular flexibility index (Phi) is 5.21. The van der Waals surface area contributed by atoms with Gasteiger partial charge in [0.25, 0.3) is 0 Å². The molecule has 3 heterocycles. The number of aromatic amines is 1. The number of carbonyl (C=O) groups excluding carboxylic acids is 1. The Morgan fingerprint density at radius 3 is 2.82 bits per heavy atom. The summed E-state index contributed by atoms with van der Waals surface area (Å²) in [5.41, 5.74) is 3.14. The summed E-state index contributed by atoms with van der Waals surface area (Å²) < 4.78 is 14.9. The van der Waals surface area contributed by atoms with Crippen LogP contribution < -0.4 is 0 Å². The van der Waals surface area contributed by atoms with Gasteiger partial charge in [0.2, 0.25) is 5.91 Å². The summed E-state index contributed by atoms with van der Waals surface area (Å²) in [6.45, 7) is 1.10. The van der Waals surface area contributed by atoms with Crippen molar-refractivity contribution in [1.29, 1.82) is 0 Å². The van der Waals surface area contributed by atoms with E-state index in [1.807, 2.05) is 6.07 Å². The van der Waals surface area contributed by atoms with Crippen LogP contribution >= 0.6 is 0 Å². The number of benzene rings is 1. The fraction of sp³-hybridized carbons (Fsp3) is 0.350. The maximum atomic E-state index is 13.2. The lowest BCUT2D eigenvalue weighted by Gasteiger charge is -2.30. The SMILES string of the molecule is O=C(Cn1nc(-c2c[nH]cn2)cc1Cc1ccc(F)cc1)N1CCC[C@@H](O)C1. The predicted octanol–water partition coefficient (Wildman–Crippen LogP) is 1.99. The Hall–Kier alpha value is -3.00. The maximum absolute atomic E-state index is 13.2. The third-order valence-electron chi connectivity index (χ3n) is 4.96. The normalized spacial score (nSPS) is 17.1. The van der Waals surface area contributed by atoms with E-state index in [4.69, 9.17) is 0 Å². The second kappa shape index (κ2) is 7.93. The van der Waals surface area contributed by atoms with Gasteiger partial charge in [-0.25, -0.2) is 9.37 Å². The van der Waals surface area contributed by atoms with Crippen LogP contribution in [0.25, 0.3) is 11.4 Å². The Labute approximate surface area is 161 Å². The Morgan fingerprint density at radius 2 is 2.11 bits per heavy atom. The summed E-state index contributed by atoms with van der Waals surface area (Å²) in [4.78, 5) is 21.6. The van der Waals surface area contributed by atoms with Gasteiger partial charge in [0.05, 0.1) is 12.4 Å². The maximum Gasteiger partial charge on any atom is 0.244 e. The number of aliphatic hydroxyl groups excluding tert-OH is 1. The van der Waals surface area contributed by atoms with E-state index >= 15 is 0 Å². The van der Waals surface area contributed by atoms with E-state index in [-0.39, 0.29) is 18.3 Å². The zero-order valence-electron chi connectivity index (χ0n) is 15.4. The number of hydrogen-bond donors (Lipinski definition) is 2. The number of imidazole rings is 1. The van der Waals surface area contributed by atoms with E-state index in [1.165, 1.54) is 12.1 Å². The van der Waals surface area contributed by atoms with E-state index < -0.39 is 6.10 Å². The molecule has 1 saturated heterocycles. The summed E-state index contributed by atoms with van der Waals surface area (Å²) in [5.74, 6) is -0.357. The molecule has 0 spiro atoms. The third kappa shape index (κ3) is 4.12. The molecule has 146 valence electrons. The van der Waals surface area contributed by atoms with Crippen LogP contribution in [0.5, 0.6) is 0 Å².